The van der Waals surface area contributed by atoms with Crippen molar-refractivity contribution in [1.82, 2.24) is 4.90 Å². The summed E-state index contributed by atoms with van der Waals surface area (Å²) in [6.07, 6.45) is 2.61. The highest BCUT2D eigenvalue weighted by Gasteiger charge is 2.40. The van der Waals surface area contributed by atoms with Gasteiger partial charge in [-0.05, 0) is 13.2 Å². The van der Waals surface area contributed by atoms with Crippen molar-refractivity contribution in [3.8, 4) is 0 Å². The summed E-state index contributed by atoms with van der Waals surface area (Å²) >= 11 is 1.35. The molecule has 4 nitrogen and oxygen atoms in total. The Morgan fingerprint density at radius 2 is 2.23 bits per heavy atom. The van der Waals surface area contributed by atoms with E-state index in [9.17, 15) is 14.4 Å². The lowest BCUT2D eigenvalue weighted by atomic mass is 10.3. The van der Waals surface area contributed by atoms with Crippen molar-refractivity contribution in [2.75, 3.05) is 6.26 Å². The molecule has 1 rings (SSSR count). The minimum absolute atomic E-state index is 0.220. The van der Waals surface area contributed by atoms with E-state index in [1.165, 1.54) is 11.8 Å². The van der Waals surface area contributed by atoms with E-state index in [0.29, 0.717) is 6.29 Å². The number of carbonyl (C=O) groups excluding carboxylic acids is 3. The summed E-state index contributed by atoms with van der Waals surface area (Å²) < 4.78 is 0. The molecule has 5 heteroatoms. The predicted octanol–water partition coefficient (Wildman–Crippen LogP) is 0.0643. The summed E-state index contributed by atoms with van der Waals surface area (Å²) in [4.78, 5) is 34.2. The van der Waals surface area contributed by atoms with Gasteiger partial charge < -0.3 is 4.79 Å². The molecule has 1 fully saturated rings. The third-order valence-electron chi connectivity index (χ3n) is 2.03. The fourth-order valence-electron chi connectivity index (χ4n) is 1.30. The highest BCUT2D eigenvalue weighted by Crippen LogP contribution is 2.24. The Hall–Kier alpha value is -0.840. The largest absolute Gasteiger partial charge is 0.301 e. The molecule has 0 radical (unpaired) electrons. The van der Waals surface area contributed by atoms with Gasteiger partial charge in [0.2, 0.25) is 11.8 Å². The van der Waals surface area contributed by atoms with Crippen LogP contribution in [0.4, 0.5) is 0 Å². The van der Waals surface area contributed by atoms with Crippen molar-refractivity contribution in [2.45, 2.75) is 24.6 Å². The zero-order valence-corrected chi connectivity index (χ0v) is 8.34. The fraction of sp³-hybridized carbons (Fsp3) is 0.625. The van der Waals surface area contributed by atoms with Crippen molar-refractivity contribution in [3.63, 3.8) is 0 Å². The quantitative estimate of drug-likeness (QED) is 0.479. The van der Waals surface area contributed by atoms with Crippen LogP contribution in [0.2, 0.25) is 0 Å². The van der Waals surface area contributed by atoms with Gasteiger partial charge in [0.15, 0.2) is 0 Å². The summed E-state index contributed by atoms with van der Waals surface area (Å²) in [6, 6.07) is -0.628. The van der Waals surface area contributed by atoms with Crippen LogP contribution in [0.15, 0.2) is 0 Å². The Bertz CT molecular complexity index is 254. The van der Waals surface area contributed by atoms with E-state index < -0.39 is 6.04 Å². The maximum Gasteiger partial charge on any atom is 0.243 e. The number of amides is 2. The molecule has 1 aliphatic heterocycles. The third kappa shape index (κ3) is 1.75. The normalized spacial score (nSPS) is 25.1. The lowest BCUT2D eigenvalue weighted by Gasteiger charge is -2.17. The van der Waals surface area contributed by atoms with Crippen LogP contribution in [0, 0.1) is 0 Å². The van der Waals surface area contributed by atoms with Crippen molar-refractivity contribution in [2.24, 2.45) is 0 Å². The third-order valence-corrected chi connectivity index (χ3v) is 2.97. The second-order valence-electron chi connectivity index (χ2n) is 2.91. The Kier molecular flexibility index (Phi) is 3.08. The maximum atomic E-state index is 11.5. The van der Waals surface area contributed by atoms with Crippen LogP contribution >= 0.6 is 11.8 Å². The van der Waals surface area contributed by atoms with Crippen LogP contribution in [0.3, 0.4) is 0 Å². The van der Waals surface area contributed by atoms with Crippen LogP contribution < -0.4 is 0 Å². The number of hydrogen-bond acceptors (Lipinski definition) is 4. The molecule has 0 bridgehead atoms. The first-order valence-corrected chi connectivity index (χ1v) is 5.24. The monoisotopic (exact) mass is 201 g/mol. The Morgan fingerprint density at radius 1 is 1.62 bits per heavy atom. The van der Waals surface area contributed by atoms with Gasteiger partial charge in [-0.1, -0.05) is 0 Å². The molecule has 1 aliphatic rings. The molecule has 1 heterocycles. The first-order chi connectivity index (χ1) is 6.11. The number of hydrogen-bond donors (Lipinski definition) is 0. The molecule has 0 aliphatic carbocycles. The van der Waals surface area contributed by atoms with Gasteiger partial charge in [-0.15, -0.1) is 0 Å². The molecule has 13 heavy (non-hydrogen) atoms. The highest BCUT2D eigenvalue weighted by molar-refractivity contribution is 8.00. The van der Waals surface area contributed by atoms with E-state index in [2.05, 4.69) is 0 Å². The van der Waals surface area contributed by atoms with E-state index in [-0.39, 0.29) is 23.5 Å². The van der Waals surface area contributed by atoms with Crippen LogP contribution in [0.1, 0.15) is 13.3 Å². The molecule has 0 aromatic rings. The van der Waals surface area contributed by atoms with Gasteiger partial charge in [-0.2, -0.15) is 11.8 Å². The average Bonchev–Trinajstić information content (AvgIpc) is 2.40. The standard InChI is InChI=1S/C8H11NO3S/c1-5(4-10)9-7(11)3-6(13-2)8(9)12/h4-6H,3H2,1-2H3. The lowest BCUT2D eigenvalue weighted by Crippen LogP contribution is -2.39. The fourth-order valence-corrected chi connectivity index (χ4v) is 1.92. The number of imide groups is 1. The molecule has 72 valence electrons. The lowest BCUT2D eigenvalue weighted by molar-refractivity contribution is -0.142. The average molecular weight is 201 g/mol. The highest BCUT2D eigenvalue weighted by atomic mass is 32.2. The predicted molar refractivity (Wildman–Crippen MR) is 49.3 cm³/mol. The van der Waals surface area contributed by atoms with Crippen LogP contribution in [-0.4, -0.2) is 40.5 Å². The van der Waals surface area contributed by atoms with Gasteiger partial charge in [0.25, 0.3) is 0 Å². The minimum Gasteiger partial charge on any atom is -0.301 e. The number of rotatable bonds is 3. The minimum atomic E-state index is -0.628. The first kappa shape index (κ1) is 10.2. The SMILES string of the molecule is CSC1CC(=O)N(C(C)C=O)C1=O. The van der Waals surface area contributed by atoms with Crippen molar-refractivity contribution in [1.29, 1.82) is 0 Å². The smallest absolute Gasteiger partial charge is 0.243 e. The number of thioether (sulfide) groups is 1. The Morgan fingerprint density at radius 3 is 2.62 bits per heavy atom. The molecule has 0 spiro atoms. The zero-order chi connectivity index (χ0) is 10.0. The number of likely N-dealkylation sites (tertiary alicyclic amines) is 1. The number of nitrogens with zero attached hydrogens (tertiary/aromatic N) is 1. The van der Waals surface area contributed by atoms with Crippen molar-refractivity contribution < 1.29 is 14.4 Å². The molecule has 0 N–H and O–H groups in total. The van der Waals surface area contributed by atoms with E-state index in [0.717, 1.165) is 4.90 Å². The van der Waals surface area contributed by atoms with Gasteiger partial charge >= 0.3 is 0 Å². The summed E-state index contributed by atoms with van der Waals surface area (Å²) in [5, 5.41) is -0.296. The van der Waals surface area contributed by atoms with E-state index in [1.54, 1.807) is 13.2 Å². The summed E-state index contributed by atoms with van der Waals surface area (Å²) in [6.45, 7) is 1.55. The molecule has 0 saturated carbocycles. The van der Waals surface area contributed by atoms with Crippen LogP contribution in [0.5, 0.6) is 0 Å². The topological polar surface area (TPSA) is 54.5 Å². The summed E-state index contributed by atoms with van der Waals surface area (Å²) in [5.41, 5.74) is 0. The first-order valence-electron chi connectivity index (χ1n) is 3.95. The number of aldehydes is 1. The van der Waals surface area contributed by atoms with Gasteiger partial charge in [-0.25, -0.2) is 0 Å². The molecular weight excluding hydrogens is 190 g/mol. The molecule has 1 saturated heterocycles. The zero-order valence-electron chi connectivity index (χ0n) is 7.52. The van der Waals surface area contributed by atoms with Crippen molar-refractivity contribution in [3.05, 3.63) is 0 Å². The maximum absolute atomic E-state index is 11.5. The van der Waals surface area contributed by atoms with Crippen LogP contribution in [0.25, 0.3) is 0 Å². The van der Waals surface area contributed by atoms with Crippen LogP contribution in [-0.2, 0) is 14.4 Å². The van der Waals surface area contributed by atoms with Gasteiger partial charge in [0.05, 0.1) is 11.3 Å². The van der Waals surface area contributed by atoms with Gasteiger partial charge in [-0.3, -0.25) is 14.5 Å². The van der Waals surface area contributed by atoms with E-state index >= 15 is 0 Å². The summed E-state index contributed by atoms with van der Waals surface area (Å²) in [5.74, 6) is -0.485. The molecule has 2 unspecified atom stereocenters. The molecule has 0 aromatic heterocycles. The molecular formula is C8H11NO3S. The second kappa shape index (κ2) is 3.91. The Labute approximate surface area is 80.7 Å². The summed E-state index contributed by atoms with van der Waals surface area (Å²) in [7, 11) is 0. The molecule has 2 atom stereocenters. The van der Waals surface area contributed by atoms with E-state index in [4.69, 9.17) is 0 Å². The molecule has 2 amide bonds. The van der Waals surface area contributed by atoms with Crippen molar-refractivity contribution >= 4 is 29.9 Å². The second-order valence-corrected chi connectivity index (χ2v) is 3.95. The Balaban J connectivity index is 2.81. The van der Waals surface area contributed by atoms with Gasteiger partial charge in [0, 0.05) is 6.42 Å². The molecule has 0 aromatic carbocycles. The van der Waals surface area contributed by atoms with Gasteiger partial charge in [0.1, 0.15) is 6.29 Å². The van der Waals surface area contributed by atoms with E-state index in [1.807, 2.05) is 0 Å². The number of carbonyl (C=O) groups is 3.